The second-order valence-electron chi connectivity index (χ2n) is 15.0. The van der Waals surface area contributed by atoms with Gasteiger partial charge in [-0.15, -0.1) is 0 Å². The second kappa shape index (κ2) is 14.1. The van der Waals surface area contributed by atoms with Crippen LogP contribution in [0.4, 0.5) is 0 Å². The largest absolute Gasteiger partial charge is 0.228 e. The maximum absolute atomic E-state index is 5.07. The molecular weight excluding hydrogens is 701 g/mol. The van der Waals surface area contributed by atoms with Crippen molar-refractivity contribution in [3.63, 3.8) is 0 Å². The van der Waals surface area contributed by atoms with Crippen LogP contribution in [0, 0.1) is 0 Å². The first-order valence-electron chi connectivity index (χ1n) is 19.8. The Morgan fingerprint density at radius 2 is 0.707 bits per heavy atom. The normalized spacial score (nSPS) is 11.4. The molecule has 0 atom stereocenters. The van der Waals surface area contributed by atoms with Gasteiger partial charge in [-0.1, -0.05) is 200 Å². The van der Waals surface area contributed by atoms with Crippen LogP contribution < -0.4 is 0 Å². The Kier molecular flexibility index (Phi) is 8.19. The van der Waals surface area contributed by atoms with Crippen molar-refractivity contribution in [2.24, 2.45) is 0 Å². The van der Waals surface area contributed by atoms with E-state index in [2.05, 4.69) is 200 Å². The van der Waals surface area contributed by atoms with Crippen LogP contribution in [0.3, 0.4) is 0 Å². The molecule has 270 valence electrons. The van der Waals surface area contributed by atoms with Crippen LogP contribution in [0.5, 0.6) is 0 Å². The average molecular weight is 737 g/mol. The Hall–Kier alpha value is -7.68. The standard InChI is InChI=1S/C56H36N2/c1-2-12-45(13-3-1)56-57-53(36-54(58-56)48-31-26-37-10-4-5-14-46(37)34-48)43-27-22-40(23-28-43)38-18-20-39(21-19-38)41-24-29-44(30-25-41)55-50-17-9-7-15-47(50)35-52-49-16-8-6-11-42(49)32-33-51(52)55/h1-36H. The van der Waals surface area contributed by atoms with Crippen molar-refractivity contribution in [3.8, 4) is 67.3 Å². The third-order valence-corrected chi connectivity index (χ3v) is 11.5. The zero-order valence-electron chi connectivity index (χ0n) is 31.7. The number of aromatic nitrogens is 2. The predicted octanol–water partition coefficient (Wildman–Crippen LogP) is 15.1. The fourth-order valence-electron chi connectivity index (χ4n) is 8.46. The first kappa shape index (κ1) is 33.6. The van der Waals surface area contributed by atoms with Crippen LogP contribution >= 0.6 is 0 Å². The highest BCUT2D eigenvalue weighted by Crippen LogP contribution is 2.40. The van der Waals surface area contributed by atoms with Gasteiger partial charge in [0.2, 0.25) is 0 Å². The molecule has 0 fully saturated rings. The van der Waals surface area contributed by atoms with Gasteiger partial charge in [0.1, 0.15) is 0 Å². The fraction of sp³-hybridized carbons (Fsp3) is 0. The molecule has 0 bridgehead atoms. The van der Waals surface area contributed by atoms with Crippen molar-refractivity contribution in [1.82, 2.24) is 9.97 Å². The number of rotatable bonds is 6. The lowest BCUT2D eigenvalue weighted by molar-refractivity contribution is 1.18. The van der Waals surface area contributed by atoms with Crippen LogP contribution in [0.15, 0.2) is 218 Å². The molecular formula is C56H36N2. The Morgan fingerprint density at radius 1 is 0.224 bits per heavy atom. The molecule has 10 aromatic carbocycles. The fourth-order valence-corrected chi connectivity index (χ4v) is 8.46. The predicted molar refractivity (Wildman–Crippen MR) is 245 cm³/mol. The molecule has 0 aliphatic rings. The number of fused-ring (bicyclic) bond motifs is 5. The van der Waals surface area contributed by atoms with Gasteiger partial charge in [-0.2, -0.15) is 0 Å². The van der Waals surface area contributed by atoms with E-state index in [0.717, 1.165) is 33.6 Å². The molecule has 0 saturated heterocycles. The molecule has 2 heteroatoms. The summed E-state index contributed by atoms with van der Waals surface area (Å²) in [7, 11) is 0. The molecule has 11 rings (SSSR count). The molecule has 0 N–H and O–H groups in total. The quantitative estimate of drug-likeness (QED) is 0.125. The topological polar surface area (TPSA) is 25.8 Å². The van der Waals surface area contributed by atoms with E-state index in [1.165, 1.54) is 70.9 Å². The monoisotopic (exact) mass is 736 g/mol. The molecule has 0 spiro atoms. The van der Waals surface area contributed by atoms with Gasteiger partial charge in [-0.05, 0) is 94.7 Å². The van der Waals surface area contributed by atoms with E-state index in [0.29, 0.717) is 5.82 Å². The van der Waals surface area contributed by atoms with Crippen LogP contribution in [0.2, 0.25) is 0 Å². The maximum atomic E-state index is 5.07. The molecule has 0 radical (unpaired) electrons. The molecule has 1 heterocycles. The molecule has 0 aliphatic carbocycles. The zero-order chi connectivity index (χ0) is 38.4. The highest BCUT2D eigenvalue weighted by molar-refractivity contribution is 6.20. The van der Waals surface area contributed by atoms with E-state index < -0.39 is 0 Å². The van der Waals surface area contributed by atoms with Crippen molar-refractivity contribution in [2.45, 2.75) is 0 Å². The minimum absolute atomic E-state index is 0.716. The summed E-state index contributed by atoms with van der Waals surface area (Å²) in [6.07, 6.45) is 0. The third kappa shape index (κ3) is 6.09. The summed E-state index contributed by atoms with van der Waals surface area (Å²) in [4.78, 5) is 10.1. The highest BCUT2D eigenvalue weighted by atomic mass is 14.9. The van der Waals surface area contributed by atoms with E-state index in [1.54, 1.807) is 0 Å². The van der Waals surface area contributed by atoms with E-state index in [-0.39, 0.29) is 0 Å². The minimum atomic E-state index is 0.716. The van der Waals surface area contributed by atoms with Crippen molar-refractivity contribution in [2.75, 3.05) is 0 Å². The van der Waals surface area contributed by atoms with E-state index in [1.807, 2.05) is 18.2 Å². The molecule has 0 saturated carbocycles. The lowest BCUT2D eigenvalue weighted by Gasteiger charge is -2.14. The first-order chi connectivity index (χ1) is 28.7. The first-order valence-corrected chi connectivity index (χ1v) is 19.8. The molecule has 0 aliphatic heterocycles. The van der Waals surface area contributed by atoms with Gasteiger partial charge in [0.25, 0.3) is 0 Å². The lowest BCUT2D eigenvalue weighted by atomic mass is 9.89. The number of hydrogen-bond donors (Lipinski definition) is 0. The third-order valence-electron chi connectivity index (χ3n) is 11.5. The van der Waals surface area contributed by atoms with Gasteiger partial charge >= 0.3 is 0 Å². The highest BCUT2D eigenvalue weighted by Gasteiger charge is 2.14. The number of benzene rings is 10. The van der Waals surface area contributed by atoms with E-state index >= 15 is 0 Å². The molecule has 58 heavy (non-hydrogen) atoms. The molecule has 0 unspecified atom stereocenters. The van der Waals surface area contributed by atoms with Gasteiger partial charge < -0.3 is 0 Å². The molecule has 1 aromatic heterocycles. The van der Waals surface area contributed by atoms with Crippen LogP contribution in [-0.2, 0) is 0 Å². The van der Waals surface area contributed by atoms with Gasteiger partial charge in [0.05, 0.1) is 11.4 Å². The average Bonchev–Trinajstić information content (AvgIpc) is 3.31. The maximum Gasteiger partial charge on any atom is 0.160 e. The van der Waals surface area contributed by atoms with Crippen LogP contribution in [0.25, 0.3) is 110 Å². The van der Waals surface area contributed by atoms with Crippen LogP contribution in [0.1, 0.15) is 0 Å². The Morgan fingerprint density at radius 3 is 1.38 bits per heavy atom. The summed E-state index contributed by atoms with van der Waals surface area (Å²) in [6, 6.07) is 78.3. The van der Waals surface area contributed by atoms with Crippen molar-refractivity contribution < 1.29 is 0 Å². The molecule has 2 nitrogen and oxygen atoms in total. The van der Waals surface area contributed by atoms with E-state index in [9.17, 15) is 0 Å². The Bertz CT molecular complexity index is 3290. The smallest absolute Gasteiger partial charge is 0.160 e. The number of hydrogen-bond acceptors (Lipinski definition) is 2. The van der Waals surface area contributed by atoms with Gasteiger partial charge in [-0.25, -0.2) is 9.97 Å². The lowest BCUT2D eigenvalue weighted by Crippen LogP contribution is -1.96. The summed E-state index contributed by atoms with van der Waals surface area (Å²) in [5.41, 5.74) is 12.1. The minimum Gasteiger partial charge on any atom is -0.228 e. The molecule has 0 amide bonds. The second-order valence-corrected chi connectivity index (χ2v) is 15.0. The zero-order valence-corrected chi connectivity index (χ0v) is 31.7. The Balaban J connectivity index is 0.892. The van der Waals surface area contributed by atoms with Crippen LogP contribution in [-0.4, -0.2) is 9.97 Å². The van der Waals surface area contributed by atoms with E-state index in [4.69, 9.17) is 9.97 Å². The SMILES string of the molecule is c1ccc(-c2nc(-c3ccc(-c4ccc(-c5ccc(-c6c7ccccc7cc7c6ccc6ccccc67)cc5)cc4)cc3)cc(-c3ccc4ccccc4c3)n2)cc1. The van der Waals surface area contributed by atoms with Gasteiger partial charge in [0.15, 0.2) is 5.82 Å². The summed E-state index contributed by atoms with van der Waals surface area (Å²) in [5.74, 6) is 0.716. The summed E-state index contributed by atoms with van der Waals surface area (Å²) >= 11 is 0. The van der Waals surface area contributed by atoms with Crippen molar-refractivity contribution >= 4 is 43.1 Å². The van der Waals surface area contributed by atoms with Gasteiger partial charge in [0, 0.05) is 16.7 Å². The summed E-state index contributed by atoms with van der Waals surface area (Å²) < 4.78 is 0. The number of nitrogens with zero attached hydrogens (tertiary/aromatic N) is 2. The van der Waals surface area contributed by atoms with Gasteiger partial charge in [-0.3, -0.25) is 0 Å². The Labute approximate surface area is 337 Å². The summed E-state index contributed by atoms with van der Waals surface area (Å²) in [5, 5.41) is 10.1. The summed E-state index contributed by atoms with van der Waals surface area (Å²) in [6.45, 7) is 0. The van der Waals surface area contributed by atoms with Crippen molar-refractivity contribution in [1.29, 1.82) is 0 Å². The van der Waals surface area contributed by atoms with Crippen molar-refractivity contribution in [3.05, 3.63) is 218 Å². The molecule has 11 aromatic rings.